The van der Waals surface area contributed by atoms with Crippen LogP contribution in [-0.4, -0.2) is 4.99 Å². The number of hydroxylamine groups is 1. The summed E-state index contributed by atoms with van der Waals surface area (Å²) in [4.78, 5) is 7.07. The minimum absolute atomic E-state index is 0.487. The average Bonchev–Trinajstić information content (AvgIpc) is 2.49. The number of nitrogens with one attached hydrogen (secondary N) is 1. The van der Waals surface area contributed by atoms with Crippen LogP contribution in [0.5, 0.6) is 0 Å². The molecule has 0 saturated heterocycles. The molecule has 1 N–H and O–H groups in total. The van der Waals surface area contributed by atoms with Crippen LogP contribution in [0.2, 0.25) is 0 Å². The van der Waals surface area contributed by atoms with Crippen molar-refractivity contribution in [1.82, 2.24) is 5.48 Å². The van der Waals surface area contributed by atoms with Gasteiger partial charge in [0.2, 0.25) is 0 Å². The van der Waals surface area contributed by atoms with Crippen molar-refractivity contribution in [1.29, 1.82) is 0 Å². The second-order valence-electron chi connectivity index (χ2n) is 3.97. The minimum atomic E-state index is 0.487. The topological polar surface area (TPSA) is 21.3 Å². The first-order valence-corrected chi connectivity index (χ1v) is 7.47. The number of benzene rings is 2. The highest BCUT2D eigenvalue weighted by molar-refractivity contribution is 8.02. The predicted octanol–water partition coefficient (Wildman–Crippen LogP) is 4.34. The van der Waals surface area contributed by atoms with E-state index < -0.39 is 0 Å². The number of hydrogen-bond acceptors (Lipinski definition) is 3. The molecule has 102 valence electrons. The standard InChI is InChI=1S/C16H15NOS2/c19-16(11-12-20-15-9-5-2-6-10-15)17-18-13-14-7-3-1-4-8-14/h1-12H,13H2,(H,17,19). The Labute approximate surface area is 128 Å². The minimum Gasteiger partial charge on any atom is -0.271 e. The zero-order valence-electron chi connectivity index (χ0n) is 10.9. The molecule has 2 rings (SSSR count). The highest BCUT2D eigenvalue weighted by atomic mass is 32.2. The van der Waals surface area contributed by atoms with Gasteiger partial charge in [0, 0.05) is 4.90 Å². The lowest BCUT2D eigenvalue weighted by Gasteiger charge is -2.05. The fourth-order valence-corrected chi connectivity index (χ4v) is 2.36. The maximum absolute atomic E-state index is 5.33. The molecular formula is C16H15NOS2. The van der Waals surface area contributed by atoms with Crippen LogP contribution in [0.1, 0.15) is 5.56 Å². The zero-order chi connectivity index (χ0) is 14.0. The summed E-state index contributed by atoms with van der Waals surface area (Å²) in [5.41, 5.74) is 3.85. The summed E-state index contributed by atoms with van der Waals surface area (Å²) >= 11 is 6.76. The lowest BCUT2D eigenvalue weighted by molar-refractivity contribution is 0.0735. The van der Waals surface area contributed by atoms with Crippen LogP contribution in [0.15, 0.2) is 77.0 Å². The Morgan fingerprint density at radius 3 is 2.40 bits per heavy atom. The summed E-state index contributed by atoms with van der Waals surface area (Å²) in [5.74, 6) is 0. The molecule has 0 aliphatic rings. The Morgan fingerprint density at radius 1 is 1.05 bits per heavy atom. The van der Waals surface area contributed by atoms with Crippen molar-refractivity contribution in [3.63, 3.8) is 0 Å². The zero-order valence-corrected chi connectivity index (χ0v) is 12.5. The highest BCUT2D eigenvalue weighted by Crippen LogP contribution is 2.17. The average molecular weight is 301 g/mol. The second kappa shape index (κ2) is 8.53. The van der Waals surface area contributed by atoms with Crippen molar-refractivity contribution < 1.29 is 4.84 Å². The van der Waals surface area contributed by atoms with Crippen molar-refractivity contribution in [3.05, 3.63) is 77.7 Å². The maximum Gasteiger partial charge on any atom is 0.124 e. The molecule has 4 heteroatoms. The number of thiocarbonyl (C=S) groups is 1. The Kier molecular flexibility index (Phi) is 6.31. The van der Waals surface area contributed by atoms with E-state index >= 15 is 0 Å². The first-order chi connectivity index (χ1) is 9.84. The Bertz CT molecular complexity index is 555. The summed E-state index contributed by atoms with van der Waals surface area (Å²) < 4.78 is 0. The molecule has 0 unspecified atom stereocenters. The Morgan fingerprint density at radius 2 is 1.70 bits per heavy atom. The van der Waals surface area contributed by atoms with E-state index in [1.54, 1.807) is 11.8 Å². The van der Waals surface area contributed by atoms with Gasteiger partial charge in [-0.05, 0) is 29.2 Å². The lowest BCUT2D eigenvalue weighted by Crippen LogP contribution is -2.19. The molecular weight excluding hydrogens is 286 g/mol. The highest BCUT2D eigenvalue weighted by Gasteiger charge is 1.93. The Hall–Kier alpha value is -1.62. The quantitative estimate of drug-likeness (QED) is 0.371. The summed E-state index contributed by atoms with van der Waals surface area (Å²) in [7, 11) is 0. The largest absolute Gasteiger partial charge is 0.271 e. The third-order valence-electron chi connectivity index (χ3n) is 2.42. The normalized spacial score (nSPS) is 10.6. The summed E-state index contributed by atoms with van der Waals surface area (Å²) in [5, 5.41) is 1.94. The molecule has 0 fully saturated rings. The van der Waals surface area contributed by atoms with E-state index in [0.717, 1.165) is 5.56 Å². The molecule has 0 atom stereocenters. The maximum atomic E-state index is 5.33. The van der Waals surface area contributed by atoms with E-state index in [1.807, 2.05) is 60.0 Å². The van der Waals surface area contributed by atoms with Gasteiger partial charge in [-0.2, -0.15) is 0 Å². The smallest absolute Gasteiger partial charge is 0.124 e. The van der Waals surface area contributed by atoms with Gasteiger partial charge in [-0.1, -0.05) is 72.5 Å². The van der Waals surface area contributed by atoms with Gasteiger partial charge in [0.25, 0.3) is 0 Å². The third-order valence-corrected chi connectivity index (χ3v) is 3.46. The third kappa shape index (κ3) is 5.57. The summed E-state index contributed by atoms with van der Waals surface area (Å²) in [6.07, 6.45) is 1.82. The van der Waals surface area contributed by atoms with Crippen LogP contribution in [0.4, 0.5) is 0 Å². The number of hydrogen-bond donors (Lipinski definition) is 1. The number of thioether (sulfide) groups is 1. The molecule has 2 aromatic carbocycles. The van der Waals surface area contributed by atoms with E-state index in [9.17, 15) is 0 Å². The summed E-state index contributed by atoms with van der Waals surface area (Å²) in [6, 6.07) is 20.1. The van der Waals surface area contributed by atoms with E-state index in [0.29, 0.717) is 11.6 Å². The Balaban J connectivity index is 1.68. The van der Waals surface area contributed by atoms with Crippen molar-refractivity contribution in [3.8, 4) is 0 Å². The van der Waals surface area contributed by atoms with Gasteiger partial charge in [-0.3, -0.25) is 10.3 Å². The van der Waals surface area contributed by atoms with Gasteiger partial charge < -0.3 is 0 Å². The van der Waals surface area contributed by atoms with E-state index in [4.69, 9.17) is 17.1 Å². The lowest BCUT2D eigenvalue weighted by atomic mass is 10.2. The van der Waals surface area contributed by atoms with Crippen LogP contribution in [0.25, 0.3) is 0 Å². The van der Waals surface area contributed by atoms with Gasteiger partial charge in [0.05, 0.1) is 6.61 Å². The van der Waals surface area contributed by atoms with Crippen LogP contribution >= 0.6 is 24.0 Å². The summed E-state index contributed by atoms with van der Waals surface area (Å²) in [6.45, 7) is 0.487. The molecule has 0 heterocycles. The van der Waals surface area contributed by atoms with Gasteiger partial charge in [-0.15, -0.1) is 0 Å². The molecule has 0 aliphatic heterocycles. The van der Waals surface area contributed by atoms with E-state index in [-0.39, 0.29) is 0 Å². The molecule has 0 aliphatic carbocycles. The van der Waals surface area contributed by atoms with E-state index in [2.05, 4.69) is 17.6 Å². The van der Waals surface area contributed by atoms with E-state index in [1.165, 1.54) is 4.90 Å². The fourth-order valence-electron chi connectivity index (χ4n) is 1.47. The second-order valence-corrected chi connectivity index (χ2v) is 5.39. The molecule has 0 amide bonds. The van der Waals surface area contributed by atoms with Gasteiger partial charge in [0.15, 0.2) is 0 Å². The molecule has 20 heavy (non-hydrogen) atoms. The predicted molar refractivity (Wildman–Crippen MR) is 88.4 cm³/mol. The van der Waals surface area contributed by atoms with Crippen LogP contribution in [0, 0.1) is 0 Å². The molecule has 0 radical (unpaired) electrons. The van der Waals surface area contributed by atoms with Crippen molar-refractivity contribution in [2.45, 2.75) is 11.5 Å². The van der Waals surface area contributed by atoms with Crippen molar-refractivity contribution in [2.24, 2.45) is 0 Å². The van der Waals surface area contributed by atoms with Crippen molar-refractivity contribution in [2.75, 3.05) is 0 Å². The molecule has 2 aromatic rings. The first kappa shape index (κ1) is 14.8. The monoisotopic (exact) mass is 301 g/mol. The fraction of sp³-hybridized carbons (Fsp3) is 0.0625. The van der Waals surface area contributed by atoms with Gasteiger partial charge in [-0.25, -0.2) is 0 Å². The molecule has 0 bridgehead atoms. The molecule has 0 saturated carbocycles. The first-order valence-electron chi connectivity index (χ1n) is 6.18. The number of rotatable bonds is 6. The molecule has 0 aromatic heterocycles. The molecule has 2 nitrogen and oxygen atoms in total. The molecule has 0 spiro atoms. The van der Waals surface area contributed by atoms with Crippen LogP contribution in [-0.2, 0) is 11.4 Å². The van der Waals surface area contributed by atoms with Gasteiger partial charge >= 0.3 is 0 Å². The van der Waals surface area contributed by atoms with Gasteiger partial charge in [0.1, 0.15) is 4.99 Å². The van der Waals surface area contributed by atoms with Crippen LogP contribution in [0.3, 0.4) is 0 Å². The van der Waals surface area contributed by atoms with Crippen LogP contribution < -0.4 is 5.48 Å². The SMILES string of the molecule is S=C(C=CSc1ccccc1)NOCc1ccccc1. The van der Waals surface area contributed by atoms with Crippen molar-refractivity contribution >= 4 is 29.0 Å².